The number of carbonyl (C=O) groups excluding carboxylic acids is 1. The number of hydrogen-bond donors (Lipinski definition) is 2. The van der Waals surface area contributed by atoms with Gasteiger partial charge in [-0.25, -0.2) is 0 Å². The van der Waals surface area contributed by atoms with Crippen molar-refractivity contribution in [1.29, 1.82) is 0 Å². The molecule has 0 spiro atoms. The van der Waals surface area contributed by atoms with E-state index in [9.17, 15) is 4.79 Å². The Morgan fingerprint density at radius 1 is 1.14 bits per heavy atom. The van der Waals surface area contributed by atoms with E-state index in [4.69, 9.17) is 0 Å². The summed E-state index contributed by atoms with van der Waals surface area (Å²) < 4.78 is 0.954. The molecule has 0 radical (unpaired) electrons. The fourth-order valence-corrected chi connectivity index (χ4v) is 2.32. The second-order valence-electron chi connectivity index (χ2n) is 6.03. The summed E-state index contributed by atoms with van der Waals surface area (Å²) in [5, 5.41) is 14.0. The van der Waals surface area contributed by atoms with E-state index >= 15 is 0 Å². The minimum Gasteiger partial charge on any atom is -0.364 e. The zero-order valence-corrected chi connectivity index (χ0v) is 14.4. The van der Waals surface area contributed by atoms with Gasteiger partial charge in [-0.05, 0) is 50.6 Å². The van der Waals surface area contributed by atoms with Gasteiger partial charge in [0.15, 0.2) is 5.82 Å². The van der Waals surface area contributed by atoms with Crippen molar-refractivity contribution in [2.24, 2.45) is 0 Å². The van der Waals surface area contributed by atoms with Crippen LogP contribution in [0.1, 0.15) is 26.3 Å². The molecule has 1 amide bonds. The van der Waals surface area contributed by atoms with Crippen LogP contribution in [0.5, 0.6) is 0 Å². The van der Waals surface area contributed by atoms with Gasteiger partial charge in [0.05, 0.1) is 6.42 Å². The minimum absolute atomic E-state index is 0.0832. The lowest BCUT2D eigenvalue weighted by Gasteiger charge is -2.20. The summed E-state index contributed by atoms with van der Waals surface area (Å²) in [6, 6.07) is 11.2. The molecule has 0 saturated heterocycles. The summed E-state index contributed by atoms with van der Waals surface area (Å²) >= 11 is 3.39. The monoisotopic (exact) mass is 362 g/mol. The van der Waals surface area contributed by atoms with Crippen LogP contribution in [-0.2, 0) is 11.2 Å². The SMILES string of the molecule is CC(C)(C)Nc1ccc(NC(=O)Cc2cccc(Br)c2)nn1. The molecule has 22 heavy (non-hydrogen) atoms. The molecule has 2 rings (SSSR count). The highest BCUT2D eigenvalue weighted by molar-refractivity contribution is 9.10. The number of anilines is 2. The number of aromatic nitrogens is 2. The van der Waals surface area contributed by atoms with Crippen LogP contribution in [0.25, 0.3) is 0 Å². The quantitative estimate of drug-likeness (QED) is 0.871. The molecule has 0 aliphatic carbocycles. The largest absolute Gasteiger partial charge is 0.364 e. The summed E-state index contributed by atoms with van der Waals surface area (Å²) in [6.45, 7) is 6.13. The van der Waals surface area contributed by atoms with Gasteiger partial charge in [0.2, 0.25) is 5.91 Å². The van der Waals surface area contributed by atoms with Crippen molar-refractivity contribution >= 4 is 33.5 Å². The third-order valence-corrected chi connectivity index (χ3v) is 3.18. The molecule has 0 aliphatic rings. The van der Waals surface area contributed by atoms with Crippen LogP contribution in [0.15, 0.2) is 40.9 Å². The van der Waals surface area contributed by atoms with E-state index in [2.05, 4.69) is 36.8 Å². The first-order chi connectivity index (χ1) is 10.3. The van der Waals surface area contributed by atoms with Crippen molar-refractivity contribution in [3.63, 3.8) is 0 Å². The zero-order valence-electron chi connectivity index (χ0n) is 12.9. The zero-order chi connectivity index (χ0) is 16.2. The average molecular weight is 363 g/mol. The van der Waals surface area contributed by atoms with Crippen LogP contribution < -0.4 is 10.6 Å². The maximum absolute atomic E-state index is 12.0. The molecule has 116 valence electrons. The Balaban J connectivity index is 1.94. The Bertz CT molecular complexity index is 650. The first-order valence-electron chi connectivity index (χ1n) is 6.98. The summed E-state index contributed by atoms with van der Waals surface area (Å²) in [5.74, 6) is 1.00. The van der Waals surface area contributed by atoms with Crippen LogP contribution in [0.4, 0.5) is 11.6 Å². The first kappa shape index (κ1) is 16.4. The van der Waals surface area contributed by atoms with E-state index < -0.39 is 0 Å². The molecule has 2 aromatic rings. The van der Waals surface area contributed by atoms with E-state index in [1.807, 2.05) is 45.0 Å². The third kappa shape index (κ3) is 5.44. The molecule has 6 heteroatoms. The van der Waals surface area contributed by atoms with Gasteiger partial charge in [0.1, 0.15) is 5.82 Å². The van der Waals surface area contributed by atoms with E-state index in [1.165, 1.54) is 0 Å². The van der Waals surface area contributed by atoms with Gasteiger partial charge >= 0.3 is 0 Å². The number of benzene rings is 1. The molecule has 0 saturated carbocycles. The number of nitrogens with zero attached hydrogens (tertiary/aromatic N) is 2. The van der Waals surface area contributed by atoms with E-state index in [0.29, 0.717) is 18.1 Å². The van der Waals surface area contributed by atoms with Gasteiger partial charge in [-0.15, -0.1) is 10.2 Å². The number of carbonyl (C=O) groups is 1. The molecule has 0 atom stereocenters. The van der Waals surface area contributed by atoms with E-state index in [-0.39, 0.29) is 11.4 Å². The molecular formula is C16H19BrN4O. The Hall–Kier alpha value is -1.95. The summed E-state index contributed by atoms with van der Waals surface area (Å²) in [5.41, 5.74) is 0.853. The van der Waals surface area contributed by atoms with Gasteiger partial charge in [0, 0.05) is 10.0 Å². The Morgan fingerprint density at radius 2 is 1.82 bits per heavy atom. The van der Waals surface area contributed by atoms with Crippen LogP contribution in [-0.4, -0.2) is 21.6 Å². The number of amides is 1. The molecule has 1 aromatic carbocycles. The van der Waals surface area contributed by atoms with Gasteiger partial charge in [-0.3, -0.25) is 4.79 Å². The number of rotatable bonds is 4. The highest BCUT2D eigenvalue weighted by Crippen LogP contribution is 2.14. The second kappa shape index (κ2) is 6.87. The van der Waals surface area contributed by atoms with Crippen molar-refractivity contribution in [2.45, 2.75) is 32.7 Å². The lowest BCUT2D eigenvalue weighted by atomic mass is 10.1. The standard InChI is InChI=1S/C16H19BrN4O/c1-16(2,3)19-14-8-7-13(20-21-14)18-15(22)10-11-5-4-6-12(17)9-11/h4-9H,10H2,1-3H3,(H,19,21)(H,18,20,22). The third-order valence-electron chi connectivity index (χ3n) is 2.69. The molecule has 1 heterocycles. The molecule has 1 aromatic heterocycles. The molecule has 5 nitrogen and oxygen atoms in total. The molecule has 0 aliphatic heterocycles. The van der Waals surface area contributed by atoms with Gasteiger partial charge in [-0.1, -0.05) is 28.1 Å². The number of nitrogens with one attached hydrogen (secondary N) is 2. The van der Waals surface area contributed by atoms with Crippen molar-refractivity contribution in [2.75, 3.05) is 10.6 Å². The first-order valence-corrected chi connectivity index (χ1v) is 7.77. The number of hydrogen-bond acceptors (Lipinski definition) is 4. The fourth-order valence-electron chi connectivity index (χ4n) is 1.87. The molecule has 0 unspecified atom stereocenters. The Labute approximate surface area is 138 Å². The van der Waals surface area contributed by atoms with Crippen molar-refractivity contribution in [3.05, 3.63) is 46.4 Å². The summed E-state index contributed by atoms with van der Waals surface area (Å²) in [7, 11) is 0. The smallest absolute Gasteiger partial charge is 0.229 e. The highest BCUT2D eigenvalue weighted by atomic mass is 79.9. The molecule has 2 N–H and O–H groups in total. The maximum atomic E-state index is 12.0. The fraction of sp³-hybridized carbons (Fsp3) is 0.312. The molecule has 0 fully saturated rings. The molecular weight excluding hydrogens is 344 g/mol. The van der Waals surface area contributed by atoms with E-state index in [1.54, 1.807) is 12.1 Å². The second-order valence-corrected chi connectivity index (χ2v) is 6.95. The van der Waals surface area contributed by atoms with Crippen molar-refractivity contribution < 1.29 is 4.79 Å². The van der Waals surface area contributed by atoms with Crippen LogP contribution in [0, 0.1) is 0 Å². The Kier molecular flexibility index (Phi) is 5.13. The van der Waals surface area contributed by atoms with Crippen molar-refractivity contribution in [1.82, 2.24) is 10.2 Å². The van der Waals surface area contributed by atoms with Gasteiger partial charge in [0.25, 0.3) is 0 Å². The minimum atomic E-state index is -0.121. The van der Waals surface area contributed by atoms with Crippen LogP contribution in [0.3, 0.4) is 0 Å². The average Bonchev–Trinajstić information content (AvgIpc) is 2.39. The van der Waals surface area contributed by atoms with Gasteiger partial charge in [-0.2, -0.15) is 0 Å². The number of halogens is 1. The predicted octanol–water partition coefficient (Wildman–Crippen LogP) is 3.63. The van der Waals surface area contributed by atoms with Crippen molar-refractivity contribution in [3.8, 4) is 0 Å². The lowest BCUT2D eigenvalue weighted by Crippen LogP contribution is -2.27. The Morgan fingerprint density at radius 3 is 2.41 bits per heavy atom. The van der Waals surface area contributed by atoms with Crippen LogP contribution >= 0.6 is 15.9 Å². The molecule has 0 bridgehead atoms. The predicted molar refractivity (Wildman–Crippen MR) is 91.9 cm³/mol. The highest BCUT2D eigenvalue weighted by Gasteiger charge is 2.11. The lowest BCUT2D eigenvalue weighted by molar-refractivity contribution is -0.115. The normalized spacial score (nSPS) is 11.1. The topological polar surface area (TPSA) is 66.9 Å². The van der Waals surface area contributed by atoms with E-state index in [0.717, 1.165) is 10.0 Å². The van der Waals surface area contributed by atoms with Crippen LogP contribution in [0.2, 0.25) is 0 Å². The maximum Gasteiger partial charge on any atom is 0.229 e. The summed E-state index contributed by atoms with van der Waals surface area (Å²) in [4.78, 5) is 12.0. The summed E-state index contributed by atoms with van der Waals surface area (Å²) in [6.07, 6.45) is 0.295. The van der Waals surface area contributed by atoms with Gasteiger partial charge < -0.3 is 10.6 Å².